The molecule has 0 bridgehead atoms. The van der Waals surface area contributed by atoms with Crippen molar-refractivity contribution in [1.29, 1.82) is 0 Å². The smallest absolute Gasteiger partial charge is 0.270 e. The summed E-state index contributed by atoms with van der Waals surface area (Å²) in [6.45, 7) is 3.30. The highest BCUT2D eigenvalue weighted by atomic mass is 16.6. The van der Waals surface area contributed by atoms with E-state index in [2.05, 4.69) is 10.2 Å². The minimum atomic E-state index is -0.648. The van der Waals surface area contributed by atoms with E-state index < -0.39 is 10.8 Å². The van der Waals surface area contributed by atoms with Crippen molar-refractivity contribution in [2.45, 2.75) is 44.6 Å². The van der Waals surface area contributed by atoms with E-state index in [1.807, 2.05) is 0 Å². The Balaban J connectivity index is 1.58. The second-order valence-electron chi connectivity index (χ2n) is 7.22. The van der Waals surface area contributed by atoms with E-state index in [9.17, 15) is 14.9 Å². The standard InChI is InChI=1S/C18H26N4O3/c19-18(23)16-11-15(22(24)25)5-6-17(16)20-14-7-9-21(10-8-14)12-13-3-1-2-4-13/h5-6,11,13-14,20H,1-4,7-10,12H2,(H2,19,23). The molecular formula is C18H26N4O3. The summed E-state index contributed by atoms with van der Waals surface area (Å²) in [7, 11) is 0. The SMILES string of the molecule is NC(=O)c1cc([N+](=O)[O-])ccc1NC1CCN(CC2CCCC2)CC1. The van der Waals surface area contributed by atoms with Crippen LogP contribution < -0.4 is 11.1 Å². The lowest BCUT2D eigenvalue weighted by Crippen LogP contribution is -2.41. The number of primary amides is 1. The van der Waals surface area contributed by atoms with Gasteiger partial charge >= 0.3 is 0 Å². The zero-order chi connectivity index (χ0) is 17.8. The molecule has 0 spiro atoms. The molecule has 1 aliphatic carbocycles. The number of benzene rings is 1. The van der Waals surface area contributed by atoms with Gasteiger partial charge in [-0.05, 0) is 37.7 Å². The van der Waals surface area contributed by atoms with Crippen LogP contribution in [0.4, 0.5) is 11.4 Å². The predicted octanol–water partition coefficient (Wildman–Crippen LogP) is 2.76. The average Bonchev–Trinajstić information content (AvgIpc) is 3.09. The van der Waals surface area contributed by atoms with E-state index >= 15 is 0 Å². The fourth-order valence-corrected chi connectivity index (χ4v) is 4.01. The number of nitrogens with two attached hydrogens (primary N) is 1. The summed E-state index contributed by atoms with van der Waals surface area (Å²) in [5, 5.41) is 14.2. The lowest BCUT2D eigenvalue weighted by molar-refractivity contribution is -0.384. The van der Waals surface area contributed by atoms with Crippen molar-refractivity contribution in [3.63, 3.8) is 0 Å². The topological polar surface area (TPSA) is 102 Å². The van der Waals surface area contributed by atoms with E-state index in [4.69, 9.17) is 5.73 Å². The van der Waals surface area contributed by atoms with Gasteiger partial charge in [-0.15, -0.1) is 0 Å². The molecule has 2 fully saturated rings. The summed E-state index contributed by atoms with van der Waals surface area (Å²) in [6, 6.07) is 4.51. The number of piperidine rings is 1. The summed E-state index contributed by atoms with van der Waals surface area (Å²) in [5.41, 5.74) is 6.05. The normalized spacial score (nSPS) is 19.8. The van der Waals surface area contributed by atoms with Crippen LogP contribution in [0, 0.1) is 16.0 Å². The quantitative estimate of drug-likeness (QED) is 0.609. The first-order valence-electron chi connectivity index (χ1n) is 9.10. The van der Waals surface area contributed by atoms with Gasteiger partial charge in [0.15, 0.2) is 0 Å². The number of non-ortho nitro benzene ring substituents is 1. The molecule has 1 saturated heterocycles. The lowest BCUT2D eigenvalue weighted by Gasteiger charge is -2.34. The van der Waals surface area contributed by atoms with Crippen molar-refractivity contribution in [1.82, 2.24) is 4.90 Å². The number of anilines is 1. The van der Waals surface area contributed by atoms with Crippen LogP contribution in [-0.4, -0.2) is 41.4 Å². The van der Waals surface area contributed by atoms with Crippen LogP contribution in [-0.2, 0) is 0 Å². The molecule has 0 unspecified atom stereocenters. The summed E-state index contributed by atoms with van der Waals surface area (Å²) < 4.78 is 0. The molecule has 0 radical (unpaired) electrons. The number of nitrogens with one attached hydrogen (secondary N) is 1. The fraction of sp³-hybridized carbons (Fsp3) is 0.611. The van der Waals surface area contributed by atoms with Gasteiger partial charge in [-0.25, -0.2) is 0 Å². The third-order valence-electron chi connectivity index (χ3n) is 5.42. The van der Waals surface area contributed by atoms with Gasteiger partial charge in [-0.3, -0.25) is 14.9 Å². The van der Waals surface area contributed by atoms with Crippen LogP contribution in [0.5, 0.6) is 0 Å². The van der Waals surface area contributed by atoms with Gasteiger partial charge in [0.2, 0.25) is 0 Å². The highest BCUT2D eigenvalue weighted by molar-refractivity contribution is 5.99. The maximum Gasteiger partial charge on any atom is 0.270 e. The van der Waals surface area contributed by atoms with Crippen LogP contribution in [0.25, 0.3) is 0 Å². The predicted molar refractivity (Wildman–Crippen MR) is 96.7 cm³/mol. The van der Waals surface area contributed by atoms with Crippen LogP contribution in [0.15, 0.2) is 18.2 Å². The molecule has 1 saturated carbocycles. The van der Waals surface area contributed by atoms with Gasteiger partial charge in [0, 0.05) is 43.5 Å². The van der Waals surface area contributed by atoms with Gasteiger partial charge in [-0.2, -0.15) is 0 Å². The molecule has 1 aliphatic heterocycles. The lowest BCUT2D eigenvalue weighted by atomic mass is 10.0. The van der Waals surface area contributed by atoms with E-state index in [1.165, 1.54) is 44.4 Å². The second-order valence-corrected chi connectivity index (χ2v) is 7.22. The van der Waals surface area contributed by atoms with Gasteiger partial charge in [0.05, 0.1) is 10.5 Å². The molecular weight excluding hydrogens is 320 g/mol. The molecule has 7 heteroatoms. The van der Waals surface area contributed by atoms with E-state index in [1.54, 1.807) is 6.07 Å². The van der Waals surface area contributed by atoms with Crippen molar-refractivity contribution >= 4 is 17.3 Å². The molecule has 136 valence electrons. The van der Waals surface area contributed by atoms with E-state index in [-0.39, 0.29) is 17.3 Å². The zero-order valence-corrected chi connectivity index (χ0v) is 14.4. The van der Waals surface area contributed by atoms with E-state index in [0.29, 0.717) is 5.69 Å². The number of carbonyl (C=O) groups excluding carboxylic acids is 1. The summed E-state index contributed by atoms with van der Waals surface area (Å²) >= 11 is 0. The minimum absolute atomic E-state index is 0.120. The third kappa shape index (κ3) is 4.48. The number of hydrogen-bond donors (Lipinski definition) is 2. The summed E-state index contributed by atoms with van der Waals surface area (Å²) in [6.07, 6.45) is 7.48. The zero-order valence-electron chi connectivity index (χ0n) is 14.4. The third-order valence-corrected chi connectivity index (χ3v) is 5.42. The second kappa shape index (κ2) is 7.82. The maximum absolute atomic E-state index is 11.6. The van der Waals surface area contributed by atoms with E-state index in [0.717, 1.165) is 31.8 Å². The Labute approximate surface area is 147 Å². The number of hydrogen-bond acceptors (Lipinski definition) is 5. The molecule has 25 heavy (non-hydrogen) atoms. The number of likely N-dealkylation sites (tertiary alicyclic amines) is 1. The molecule has 1 heterocycles. The highest BCUT2D eigenvalue weighted by Crippen LogP contribution is 2.28. The molecule has 3 rings (SSSR count). The summed E-state index contributed by atoms with van der Waals surface area (Å²) in [5.74, 6) is 0.213. The van der Waals surface area contributed by atoms with Crippen LogP contribution in [0.1, 0.15) is 48.9 Å². The van der Waals surface area contributed by atoms with Crippen molar-refractivity contribution in [2.75, 3.05) is 25.0 Å². The van der Waals surface area contributed by atoms with Crippen LogP contribution >= 0.6 is 0 Å². The van der Waals surface area contributed by atoms with Gasteiger partial charge < -0.3 is 16.0 Å². The van der Waals surface area contributed by atoms with Crippen molar-refractivity contribution < 1.29 is 9.72 Å². The van der Waals surface area contributed by atoms with Crippen molar-refractivity contribution in [3.05, 3.63) is 33.9 Å². The molecule has 1 amide bonds. The minimum Gasteiger partial charge on any atom is -0.382 e. The number of carbonyl (C=O) groups is 1. The molecule has 1 aromatic carbocycles. The Morgan fingerprint density at radius 3 is 2.52 bits per heavy atom. The molecule has 7 nitrogen and oxygen atoms in total. The first-order chi connectivity index (χ1) is 12.0. The van der Waals surface area contributed by atoms with Crippen molar-refractivity contribution in [2.24, 2.45) is 11.7 Å². The monoisotopic (exact) mass is 346 g/mol. The average molecular weight is 346 g/mol. The molecule has 0 atom stereocenters. The highest BCUT2D eigenvalue weighted by Gasteiger charge is 2.24. The Morgan fingerprint density at radius 1 is 1.24 bits per heavy atom. The van der Waals surface area contributed by atoms with Crippen molar-refractivity contribution in [3.8, 4) is 0 Å². The van der Waals surface area contributed by atoms with Gasteiger partial charge in [0.1, 0.15) is 0 Å². The number of rotatable bonds is 6. The van der Waals surface area contributed by atoms with Gasteiger partial charge in [0.25, 0.3) is 11.6 Å². The Kier molecular flexibility index (Phi) is 5.53. The Hall–Kier alpha value is -2.15. The van der Waals surface area contributed by atoms with Crippen LogP contribution in [0.2, 0.25) is 0 Å². The molecule has 2 aliphatic rings. The number of amides is 1. The fourth-order valence-electron chi connectivity index (χ4n) is 4.01. The molecule has 0 aromatic heterocycles. The van der Waals surface area contributed by atoms with Gasteiger partial charge in [-0.1, -0.05) is 12.8 Å². The number of nitro groups is 1. The first-order valence-corrected chi connectivity index (χ1v) is 9.10. The summed E-state index contributed by atoms with van der Waals surface area (Å²) in [4.78, 5) is 24.5. The largest absolute Gasteiger partial charge is 0.382 e. The first kappa shape index (κ1) is 17.7. The Bertz CT molecular complexity index is 635. The number of nitro benzene ring substituents is 1. The molecule has 3 N–H and O–H groups in total. The van der Waals surface area contributed by atoms with Crippen LogP contribution in [0.3, 0.4) is 0 Å². The Morgan fingerprint density at radius 2 is 1.92 bits per heavy atom. The number of nitrogens with zero attached hydrogens (tertiary/aromatic N) is 2. The maximum atomic E-state index is 11.6. The molecule has 1 aromatic rings.